The molecule has 3 fully saturated rings. The zero-order chi connectivity index (χ0) is 34.5. The summed E-state index contributed by atoms with van der Waals surface area (Å²) in [5, 5.41) is 25.9. The molecular formula is C35H45Br2N9O3. The molecule has 1 atom stereocenters. The molecule has 0 radical (unpaired) electrons. The van der Waals surface area contributed by atoms with Crippen LogP contribution in [0, 0.1) is 11.5 Å². The Kier molecular flexibility index (Phi) is 11.6. The van der Waals surface area contributed by atoms with Gasteiger partial charge in [-0.3, -0.25) is 15.0 Å². The summed E-state index contributed by atoms with van der Waals surface area (Å²) in [6.07, 6.45) is 6.86. The van der Waals surface area contributed by atoms with Crippen LogP contribution < -0.4 is 10.6 Å². The van der Waals surface area contributed by atoms with E-state index in [1.807, 2.05) is 39.1 Å². The van der Waals surface area contributed by atoms with Gasteiger partial charge in [0.1, 0.15) is 11.8 Å². The third-order valence-corrected chi connectivity index (χ3v) is 11.6. The number of fused-ring (bicyclic) bond motifs is 1. The largest absolute Gasteiger partial charge is 0.506 e. The minimum absolute atomic E-state index is 0.0545. The van der Waals surface area contributed by atoms with E-state index >= 15 is 0 Å². The Morgan fingerprint density at radius 3 is 2.31 bits per heavy atom. The molecule has 4 aliphatic heterocycles. The highest BCUT2D eigenvalue weighted by molar-refractivity contribution is 9.11. The number of nitrogens with one attached hydrogen (secondary N) is 2. The fourth-order valence-corrected chi connectivity index (χ4v) is 8.82. The number of aliphatic imine (C=N–C) groups is 1. The summed E-state index contributed by atoms with van der Waals surface area (Å²) in [5.41, 5.74) is 2.83. The third kappa shape index (κ3) is 8.51. The van der Waals surface area contributed by atoms with Gasteiger partial charge in [0, 0.05) is 70.0 Å². The number of amides is 3. The van der Waals surface area contributed by atoms with Crippen LogP contribution in [0.15, 0.2) is 50.3 Å². The van der Waals surface area contributed by atoms with E-state index in [-0.39, 0.29) is 23.7 Å². The maximum atomic E-state index is 14.2. The molecule has 0 unspecified atom stereocenters. The van der Waals surface area contributed by atoms with E-state index in [4.69, 9.17) is 4.99 Å². The minimum atomic E-state index is -0.776. The number of phenolic OH excluding ortho intramolecular Hbond substituents is 1. The molecule has 0 bridgehead atoms. The van der Waals surface area contributed by atoms with E-state index in [0.717, 1.165) is 62.3 Å². The summed E-state index contributed by atoms with van der Waals surface area (Å²) in [6, 6.07) is 11.3. The highest BCUT2D eigenvalue weighted by Crippen LogP contribution is 2.34. The second kappa shape index (κ2) is 16.1. The molecule has 6 rings (SSSR count). The van der Waals surface area contributed by atoms with Crippen molar-refractivity contribution < 1.29 is 14.7 Å². The van der Waals surface area contributed by atoms with Gasteiger partial charge < -0.3 is 30.0 Å². The summed E-state index contributed by atoms with van der Waals surface area (Å²) < 4.78 is 1.05. The van der Waals surface area contributed by atoms with Crippen LogP contribution in [-0.4, -0.2) is 132 Å². The minimum Gasteiger partial charge on any atom is -0.506 e. The predicted octanol–water partition coefficient (Wildman–Crippen LogP) is 4.05. The number of phenols is 1. The van der Waals surface area contributed by atoms with Gasteiger partial charge in [0.05, 0.1) is 8.95 Å². The number of piperazine rings is 1. The summed E-state index contributed by atoms with van der Waals surface area (Å²) in [5.74, 6) is 0.391. The highest BCUT2D eigenvalue weighted by Gasteiger charge is 2.34. The van der Waals surface area contributed by atoms with Gasteiger partial charge in [-0.25, -0.2) is 9.79 Å². The Bertz CT molecular complexity index is 1550. The molecule has 14 heteroatoms. The number of halogens is 2. The van der Waals surface area contributed by atoms with E-state index < -0.39 is 6.04 Å². The lowest BCUT2D eigenvalue weighted by Gasteiger charge is -2.42. The topological polar surface area (TPSA) is 131 Å². The number of urea groups is 1. The summed E-state index contributed by atoms with van der Waals surface area (Å²) in [7, 11) is 2.17. The molecule has 3 saturated heterocycles. The molecule has 4 aliphatic rings. The Morgan fingerprint density at radius 2 is 1.63 bits per heavy atom. The summed E-state index contributed by atoms with van der Waals surface area (Å²) >= 11 is 6.85. The smallest absolute Gasteiger partial charge is 0.322 e. The van der Waals surface area contributed by atoms with Gasteiger partial charge in [-0.15, -0.1) is 0 Å². The number of carbonyl (C=O) groups excluding carboxylic acids is 2. The van der Waals surface area contributed by atoms with Crippen molar-refractivity contribution >= 4 is 55.4 Å². The lowest BCUT2D eigenvalue weighted by atomic mass is 10.0. The Hall–Kier alpha value is -3.38. The quantitative estimate of drug-likeness (QED) is 0.173. The number of hydrogen-bond donors (Lipinski definition) is 3. The van der Waals surface area contributed by atoms with Crippen molar-refractivity contribution in [3.63, 3.8) is 0 Å². The molecule has 0 aromatic heterocycles. The second-order valence-electron chi connectivity index (χ2n) is 13.5. The molecule has 2 aromatic rings. The van der Waals surface area contributed by atoms with E-state index in [1.54, 1.807) is 12.1 Å². The Morgan fingerprint density at radius 1 is 0.980 bits per heavy atom. The number of likely N-dealkylation sites (tertiary alicyclic amines) is 2. The van der Waals surface area contributed by atoms with E-state index in [0.29, 0.717) is 72.9 Å². The number of guanidine groups is 1. The van der Waals surface area contributed by atoms with Crippen molar-refractivity contribution in [2.24, 2.45) is 4.99 Å². The highest BCUT2D eigenvalue weighted by atomic mass is 79.9. The van der Waals surface area contributed by atoms with Crippen LogP contribution in [0.25, 0.3) is 0 Å². The molecule has 4 heterocycles. The maximum absolute atomic E-state index is 14.2. The van der Waals surface area contributed by atoms with Crippen molar-refractivity contribution in [2.75, 3.05) is 71.3 Å². The molecule has 2 aromatic carbocycles. The fourth-order valence-electron chi connectivity index (χ4n) is 7.54. The molecule has 12 nitrogen and oxygen atoms in total. The number of nitriles is 1. The van der Waals surface area contributed by atoms with Crippen LogP contribution in [-0.2, 0) is 17.6 Å². The molecule has 0 aliphatic carbocycles. The molecule has 0 saturated carbocycles. The van der Waals surface area contributed by atoms with Crippen LogP contribution in [0.3, 0.4) is 0 Å². The van der Waals surface area contributed by atoms with Crippen LogP contribution in [0.1, 0.15) is 36.8 Å². The van der Waals surface area contributed by atoms with Crippen molar-refractivity contribution in [3.8, 4) is 11.9 Å². The van der Waals surface area contributed by atoms with Crippen LogP contribution in [0.4, 0.5) is 10.5 Å². The molecule has 3 amide bonds. The van der Waals surface area contributed by atoms with Crippen molar-refractivity contribution in [1.29, 1.82) is 5.26 Å². The number of para-hydroxylation sites is 1. The second-order valence-corrected chi connectivity index (χ2v) is 15.2. The van der Waals surface area contributed by atoms with Gasteiger partial charge in [-0.1, -0.05) is 18.2 Å². The number of aromatic hydroxyl groups is 1. The molecule has 262 valence electrons. The monoisotopic (exact) mass is 797 g/mol. The number of rotatable bonds is 6. The van der Waals surface area contributed by atoms with Gasteiger partial charge in [0.2, 0.25) is 11.9 Å². The fraction of sp³-hybridized carbons (Fsp3) is 0.543. The first kappa shape index (κ1) is 35.4. The van der Waals surface area contributed by atoms with Gasteiger partial charge in [0.25, 0.3) is 0 Å². The first-order valence-corrected chi connectivity index (χ1v) is 18.8. The SMILES string of the molecule is CN1CCC(N2CCN(C(=O)[C@@H](Cc3cc(Br)c(O)c(Br)c3)N=C(NC#N)N3CCC(N4CCc5ccccc5NC4=O)CC3)CC2)CC1. The average Bonchev–Trinajstić information content (AvgIpc) is 3.28. The molecule has 49 heavy (non-hydrogen) atoms. The van der Waals surface area contributed by atoms with E-state index in [9.17, 15) is 20.0 Å². The Labute approximate surface area is 305 Å². The number of benzene rings is 2. The van der Waals surface area contributed by atoms with Gasteiger partial charge in [-0.2, -0.15) is 5.26 Å². The third-order valence-electron chi connectivity index (χ3n) is 10.4. The Balaban J connectivity index is 1.16. The molecule has 0 spiro atoms. The lowest BCUT2D eigenvalue weighted by Crippen LogP contribution is -2.56. The summed E-state index contributed by atoms with van der Waals surface area (Å²) in [4.78, 5) is 43.2. The predicted molar refractivity (Wildman–Crippen MR) is 196 cm³/mol. The summed E-state index contributed by atoms with van der Waals surface area (Å²) in [6.45, 7) is 6.95. The molecular weight excluding hydrogens is 754 g/mol. The zero-order valence-corrected chi connectivity index (χ0v) is 31.1. The van der Waals surface area contributed by atoms with Crippen LogP contribution >= 0.6 is 31.9 Å². The normalized spacial score (nSPS) is 21.1. The van der Waals surface area contributed by atoms with Gasteiger partial charge >= 0.3 is 6.03 Å². The van der Waals surface area contributed by atoms with Crippen molar-refractivity contribution in [2.45, 2.75) is 56.7 Å². The number of carbonyl (C=O) groups is 2. The molecule has 3 N–H and O–H groups in total. The van der Waals surface area contributed by atoms with Gasteiger partial charge in [0.15, 0.2) is 6.19 Å². The lowest BCUT2D eigenvalue weighted by molar-refractivity contribution is -0.134. The van der Waals surface area contributed by atoms with Crippen molar-refractivity contribution in [3.05, 3.63) is 56.5 Å². The van der Waals surface area contributed by atoms with Crippen LogP contribution in [0.5, 0.6) is 5.75 Å². The first-order valence-electron chi connectivity index (χ1n) is 17.2. The number of anilines is 1. The zero-order valence-electron chi connectivity index (χ0n) is 28.0. The maximum Gasteiger partial charge on any atom is 0.322 e. The van der Waals surface area contributed by atoms with Crippen LogP contribution in [0.2, 0.25) is 0 Å². The average molecular weight is 800 g/mol. The van der Waals surface area contributed by atoms with E-state index in [2.05, 4.69) is 65.4 Å². The standard InChI is InChI=1S/C35H45Br2N9O3/c1-42-11-7-26(8-12-42)43-16-18-44(19-17-43)33(48)31(22-24-20-28(36)32(47)29(37)21-24)40-34(39-23-38)45-13-9-27(10-14-45)46-15-6-25-4-2-3-5-30(25)41-35(46)49/h2-5,20-21,26-27,31,47H,6-19,22H2,1H3,(H,39,40)(H,41,49)/t31-/m1/s1. The number of piperidine rings is 2. The number of hydrogen-bond acceptors (Lipinski definition) is 7. The first-order chi connectivity index (χ1) is 23.7. The van der Waals surface area contributed by atoms with Gasteiger partial charge in [-0.05, 0) is 113 Å². The number of nitrogens with zero attached hydrogens (tertiary/aromatic N) is 7. The van der Waals surface area contributed by atoms with E-state index in [1.165, 1.54) is 0 Å². The van der Waals surface area contributed by atoms with Crippen molar-refractivity contribution in [1.82, 2.24) is 29.8 Å².